The third kappa shape index (κ3) is 6.94. The van der Waals surface area contributed by atoms with E-state index in [1.54, 1.807) is 24.3 Å². The van der Waals surface area contributed by atoms with Crippen LogP contribution in [0.25, 0.3) is 0 Å². The molecule has 8 heteroatoms. The van der Waals surface area contributed by atoms with E-state index in [0.29, 0.717) is 28.6 Å². The van der Waals surface area contributed by atoms with Crippen LogP contribution in [0.2, 0.25) is 5.02 Å². The summed E-state index contributed by atoms with van der Waals surface area (Å²) in [5.74, 6) is 0.164. The van der Waals surface area contributed by atoms with Crippen molar-refractivity contribution in [3.8, 4) is 5.75 Å². The van der Waals surface area contributed by atoms with Crippen LogP contribution in [-0.2, 0) is 11.4 Å². The van der Waals surface area contributed by atoms with Crippen LogP contribution in [0.4, 0.5) is 5.69 Å². The lowest BCUT2D eigenvalue weighted by Crippen LogP contribution is -2.17. The molecule has 0 atom stereocenters. The third-order valence-electron chi connectivity index (χ3n) is 4.11. The van der Waals surface area contributed by atoms with Crippen molar-refractivity contribution in [1.82, 2.24) is 5.43 Å². The number of hydrogen-bond acceptors (Lipinski definition) is 4. The first kappa shape index (κ1) is 22.5. The zero-order valence-corrected chi connectivity index (χ0v) is 18.9. The van der Waals surface area contributed by atoms with Crippen LogP contribution < -0.4 is 15.5 Å². The molecule has 0 aromatic heterocycles. The molecule has 0 spiro atoms. The van der Waals surface area contributed by atoms with E-state index in [1.807, 2.05) is 42.5 Å². The van der Waals surface area contributed by atoms with Crippen molar-refractivity contribution in [3.63, 3.8) is 0 Å². The van der Waals surface area contributed by atoms with Crippen LogP contribution in [0.5, 0.6) is 5.75 Å². The molecule has 6 nitrogen and oxygen atoms in total. The second-order valence-electron chi connectivity index (χ2n) is 6.56. The third-order valence-corrected chi connectivity index (χ3v) is 4.98. The predicted molar refractivity (Wildman–Crippen MR) is 126 cm³/mol. The standard InChI is InChI=1S/C23H19BrClN3O3/c1-15(29)27-20-9-5-18(6-10-20)23(30)28-26-13-17-4-11-22(21(24)12-17)31-14-16-2-7-19(25)8-3-16/h2-13H,14H2,1H3,(H,27,29)(H,28,30)/b26-13-. The summed E-state index contributed by atoms with van der Waals surface area (Å²) in [7, 11) is 0. The van der Waals surface area contributed by atoms with Gasteiger partial charge in [0.1, 0.15) is 12.4 Å². The van der Waals surface area contributed by atoms with Gasteiger partial charge in [-0.3, -0.25) is 9.59 Å². The molecular formula is C23H19BrClN3O3. The molecule has 31 heavy (non-hydrogen) atoms. The van der Waals surface area contributed by atoms with Crippen LogP contribution in [0, 0.1) is 0 Å². The van der Waals surface area contributed by atoms with Crippen LogP contribution >= 0.6 is 27.5 Å². The molecule has 3 rings (SSSR count). The summed E-state index contributed by atoms with van der Waals surface area (Å²) in [4.78, 5) is 23.2. The number of hydrogen-bond donors (Lipinski definition) is 2. The van der Waals surface area contributed by atoms with Gasteiger partial charge >= 0.3 is 0 Å². The number of carbonyl (C=O) groups is 2. The first-order valence-electron chi connectivity index (χ1n) is 9.28. The largest absolute Gasteiger partial charge is 0.488 e. The topological polar surface area (TPSA) is 79.8 Å². The fourth-order valence-electron chi connectivity index (χ4n) is 2.59. The van der Waals surface area contributed by atoms with E-state index in [1.165, 1.54) is 13.1 Å². The van der Waals surface area contributed by atoms with Gasteiger partial charge in [-0.15, -0.1) is 0 Å². The molecular weight excluding hydrogens is 482 g/mol. The van der Waals surface area contributed by atoms with E-state index < -0.39 is 0 Å². The Morgan fingerprint density at radius 2 is 1.77 bits per heavy atom. The molecule has 0 bridgehead atoms. The highest BCUT2D eigenvalue weighted by Crippen LogP contribution is 2.26. The molecule has 3 aromatic carbocycles. The van der Waals surface area contributed by atoms with Gasteiger partial charge in [0.05, 0.1) is 10.7 Å². The van der Waals surface area contributed by atoms with Crippen molar-refractivity contribution in [2.24, 2.45) is 5.10 Å². The van der Waals surface area contributed by atoms with E-state index in [2.05, 4.69) is 31.8 Å². The van der Waals surface area contributed by atoms with Crippen LogP contribution in [0.15, 0.2) is 76.3 Å². The minimum absolute atomic E-state index is 0.172. The molecule has 158 valence electrons. The molecule has 0 fully saturated rings. The van der Waals surface area contributed by atoms with Crippen LogP contribution in [0.3, 0.4) is 0 Å². The Labute approximate surface area is 193 Å². The maximum Gasteiger partial charge on any atom is 0.271 e. The van der Waals surface area contributed by atoms with Crippen molar-refractivity contribution in [3.05, 3.63) is 92.9 Å². The molecule has 0 radical (unpaired) electrons. The number of ether oxygens (including phenoxy) is 1. The second kappa shape index (κ2) is 10.7. The normalized spacial score (nSPS) is 10.7. The number of hydrazone groups is 1. The Morgan fingerprint density at radius 1 is 1.06 bits per heavy atom. The highest BCUT2D eigenvalue weighted by Gasteiger charge is 2.06. The summed E-state index contributed by atoms with van der Waals surface area (Å²) in [5, 5.41) is 7.32. The lowest BCUT2D eigenvalue weighted by molar-refractivity contribution is -0.114. The van der Waals surface area contributed by atoms with Gasteiger partial charge in [-0.25, -0.2) is 5.43 Å². The van der Waals surface area contributed by atoms with Crippen molar-refractivity contribution >= 4 is 51.2 Å². The highest BCUT2D eigenvalue weighted by atomic mass is 79.9. The lowest BCUT2D eigenvalue weighted by Gasteiger charge is -2.09. The summed E-state index contributed by atoms with van der Waals surface area (Å²) < 4.78 is 6.59. The van der Waals surface area contributed by atoms with E-state index in [9.17, 15) is 9.59 Å². The van der Waals surface area contributed by atoms with Gasteiger partial charge in [0.15, 0.2) is 0 Å². The molecule has 0 aliphatic heterocycles. The quantitative estimate of drug-likeness (QED) is 0.336. The summed E-state index contributed by atoms with van der Waals surface area (Å²) in [6, 6.07) is 19.5. The molecule has 0 saturated heterocycles. The summed E-state index contributed by atoms with van der Waals surface area (Å²) >= 11 is 9.38. The van der Waals surface area contributed by atoms with Gasteiger partial charge in [0.2, 0.25) is 5.91 Å². The predicted octanol–water partition coefficient (Wildman–Crippen LogP) is 5.40. The monoisotopic (exact) mass is 499 g/mol. The maximum atomic E-state index is 12.2. The van der Waals surface area contributed by atoms with E-state index >= 15 is 0 Å². The van der Waals surface area contributed by atoms with Crippen molar-refractivity contribution in [2.45, 2.75) is 13.5 Å². The van der Waals surface area contributed by atoms with Gasteiger partial charge in [-0.05, 0) is 81.7 Å². The molecule has 0 aliphatic rings. The molecule has 0 aliphatic carbocycles. The number of anilines is 1. The number of carbonyl (C=O) groups excluding carboxylic acids is 2. The Balaban J connectivity index is 1.54. The Kier molecular flexibility index (Phi) is 7.81. The number of halogens is 2. The average molecular weight is 501 g/mol. The van der Waals surface area contributed by atoms with Gasteiger partial charge in [0.25, 0.3) is 5.91 Å². The van der Waals surface area contributed by atoms with Crippen molar-refractivity contribution in [2.75, 3.05) is 5.32 Å². The molecule has 0 heterocycles. The van der Waals surface area contributed by atoms with Crippen molar-refractivity contribution < 1.29 is 14.3 Å². The smallest absolute Gasteiger partial charge is 0.271 e. The zero-order chi connectivity index (χ0) is 22.2. The van der Waals surface area contributed by atoms with Crippen molar-refractivity contribution in [1.29, 1.82) is 0 Å². The van der Waals surface area contributed by atoms with Gasteiger partial charge in [-0.2, -0.15) is 5.10 Å². The van der Waals surface area contributed by atoms with E-state index in [-0.39, 0.29) is 11.8 Å². The van der Waals surface area contributed by atoms with Gasteiger partial charge < -0.3 is 10.1 Å². The molecule has 3 aromatic rings. The summed E-state index contributed by atoms with van der Waals surface area (Å²) in [6.07, 6.45) is 1.54. The Hall–Kier alpha value is -3.16. The second-order valence-corrected chi connectivity index (χ2v) is 7.85. The lowest BCUT2D eigenvalue weighted by atomic mass is 10.2. The van der Waals surface area contributed by atoms with Gasteiger partial charge in [-0.1, -0.05) is 23.7 Å². The zero-order valence-electron chi connectivity index (χ0n) is 16.6. The fourth-order valence-corrected chi connectivity index (χ4v) is 3.23. The van der Waals surface area contributed by atoms with Gasteiger partial charge in [0, 0.05) is 23.2 Å². The average Bonchev–Trinajstić information content (AvgIpc) is 2.74. The van der Waals surface area contributed by atoms with E-state index in [4.69, 9.17) is 16.3 Å². The Morgan fingerprint density at radius 3 is 2.42 bits per heavy atom. The minimum Gasteiger partial charge on any atom is -0.488 e. The van der Waals surface area contributed by atoms with Crippen LogP contribution in [0.1, 0.15) is 28.4 Å². The highest BCUT2D eigenvalue weighted by molar-refractivity contribution is 9.10. The molecule has 0 saturated carbocycles. The minimum atomic E-state index is -0.354. The van der Waals surface area contributed by atoms with Crippen LogP contribution in [-0.4, -0.2) is 18.0 Å². The molecule has 2 N–H and O–H groups in total. The maximum absolute atomic E-state index is 12.2. The summed E-state index contributed by atoms with van der Waals surface area (Å²) in [6.45, 7) is 1.84. The number of rotatable bonds is 7. The van der Waals surface area contributed by atoms with E-state index in [0.717, 1.165) is 15.6 Å². The first-order chi connectivity index (χ1) is 14.9. The Bertz CT molecular complexity index is 1100. The SMILES string of the molecule is CC(=O)Nc1ccc(C(=O)N/N=C\c2ccc(OCc3ccc(Cl)cc3)c(Br)c2)cc1. The number of nitrogens with zero attached hydrogens (tertiary/aromatic N) is 1. The molecule has 2 amide bonds. The number of nitrogens with one attached hydrogen (secondary N) is 2. The number of benzene rings is 3. The summed E-state index contributed by atoms with van der Waals surface area (Å²) in [5.41, 5.74) is 5.32. The number of amides is 2. The molecule has 0 unspecified atom stereocenters. The fraction of sp³-hybridized carbons (Fsp3) is 0.0870. The first-order valence-corrected chi connectivity index (χ1v) is 10.5.